The first-order chi connectivity index (χ1) is 7.31. The second-order valence-electron chi connectivity index (χ2n) is 4.03. The molecule has 0 radical (unpaired) electrons. The number of anilines is 1. The first-order valence-electron chi connectivity index (χ1n) is 5.54. The minimum absolute atomic E-state index is 0.598. The SMILES string of the molecule is NCc1ccc(N2CCCCC2)cc1Br. The molecule has 1 aliphatic heterocycles. The van der Waals surface area contributed by atoms with Crippen LogP contribution in [0.5, 0.6) is 0 Å². The molecule has 2 nitrogen and oxygen atoms in total. The molecule has 2 rings (SSSR count). The van der Waals surface area contributed by atoms with E-state index < -0.39 is 0 Å². The first kappa shape index (κ1) is 11.0. The summed E-state index contributed by atoms with van der Waals surface area (Å²) < 4.78 is 1.13. The van der Waals surface area contributed by atoms with Gasteiger partial charge < -0.3 is 10.6 Å². The Balaban J connectivity index is 2.17. The van der Waals surface area contributed by atoms with Crippen molar-refractivity contribution in [2.24, 2.45) is 5.73 Å². The molecule has 0 saturated carbocycles. The van der Waals surface area contributed by atoms with Gasteiger partial charge in [-0.15, -0.1) is 0 Å². The van der Waals surface area contributed by atoms with Gasteiger partial charge in [0.15, 0.2) is 0 Å². The second kappa shape index (κ2) is 4.99. The van der Waals surface area contributed by atoms with Crippen molar-refractivity contribution in [3.63, 3.8) is 0 Å². The number of piperidine rings is 1. The van der Waals surface area contributed by atoms with E-state index in [1.54, 1.807) is 0 Å². The van der Waals surface area contributed by atoms with Crippen molar-refractivity contribution < 1.29 is 0 Å². The molecule has 1 aliphatic rings. The van der Waals surface area contributed by atoms with Crippen molar-refractivity contribution in [3.8, 4) is 0 Å². The van der Waals surface area contributed by atoms with Crippen LogP contribution in [0.1, 0.15) is 24.8 Å². The molecule has 1 aromatic rings. The summed E-state index contributed by atoms with van der Waals surface area (Å²) in [5.74, 6) is 0. The van der Waals surface area contributed by atoms with Gasteiger partial charge in [0.25, 0.3) is 0 Å². The standard InChI is InChI=1S/C12H17BrN2/c13-12-8-11(5-4-10(12)9-14)15-6-2-1-3-7-15/h4-5,8H,1-3,6-7,9,14H2. The molecule has 0 bridgehead atoms. The van der Waals surface area contributed by atoms with Crippen molar-refractivity contribution in [1.82, 2.24) is 0 Å². The fraction of sp³-hybridized carbons (Fsp3) is 0.500. The lowest BCUT2D eigenvalue weighted by molar-refractivity contribution is 0.578. The number of hydrogen-bond donors (Lipinski definition) is 1. The highest BCUT2D eigenvalue weighted by atomic mass is 79.9. The van der Waals surface area contributed by atoms with Crippen LogP contribution in [-0.2, 0) is 6.54 Å². The zero-order valence-electron chi connectivity index (χ0n) is 8.88. The number of halogens is 1. The van der Waals surface area contributed by atoms with Gasteiger partial charge in [-0.25, -0.2) is 0 Å². The van der Waals surface area contributed by atoms with Crippen molar-refractivity contribution in [1.29, 1.82) is 0 Å². The Kier molecular flexibility index (Phi) is 3.65. The molecule has 0 unspecified atom stereocenters. The molecule has 0 spiro atoms. The summed E-state index contributed by atoms with van der Waals surface area (Å²) in [6.07, 6.45) is 4.01. The molecule has 1 heterocycles. The molecule has 1 fully saturated rings. The molecule has 0 amide bonds. The lowest BCUT2D eigenvalue weighted by Crippen LogP contribution is -2.29. The smallest absolute Gasteiger partial charge is 0.0377 e. The van der Waals surface area contributed by atoms with Crippen LogP contribution in [-0.4, -0.2) is 13.1 Å². The van der Waals surface area contributed by atoms with Crippen LogP contribution in [0.2, 0.25) is 0 Å². The highest BCUT2D eigenvalue weighted by Gasteiger charge is 2.11. The Morgan fingerprint density at radius 1 is 1.20 bits per heavy atom. The van der Waals surface area contributed by atoms with Gasteiger partial charge in [0.1, 0.15) is 0 Å². The third-order valence-corrected chi connectivity index (χ3v) is 3.72. The summed E-state index contributed by atoms with van der Waals surface area (Å²) in [4.78, 5) is 2.45. The highest BCUT2D eigenvalue weighted by Crippen LogP contribution is 2.26. The van der Waals surface area contributed by atoms with E-state index in [0.29, 0.717) is 6.54 Å². The molecule has 2 N–H and O–H groups in total. The predicted octanol–water partition coefficient (Wildman–Crippen LogP) is 2.90. The van der Waals surface area contributed by atoms with E-state index in [-0.39, 0.29) is 0 Å². The topological polar surface area (TPSA) is 29.3 Å². The Morgan fingerprint density at radius 2 is 1.93 bits per heavy atom. The van der Waals surface area contributed by atoms with Gasteiger partial charge in [0, 0.05) is 29.8 Å². The molecule has 1 saturated heterocycles. The molecule has 1 aromatic carbocycles. The van der Waals surface area contributed by atoms with Crippen LogP contribution in [0.25, 0.3) is 0 Å². The molecule has 15 heavy (non-hydrogen) atoms. The Bertz CT molecular complexity index is 332. The quantitative estimate of drug-likeness (QED) is 0.894. The lowest BCUT2D eigenvalue weighted by atomic mass is 10.1. The van der Waals surface area contributed by atoms with E-state index >= 15 is 0 Å². The van der Waals surface area contributed by atoms with E-state index in [4.69, 9.17) is 5.73 Å². The van der Waals surface area contributed by atoms with Crippen LogP contribution in [0, 0.1) is 0 Å². The third kappa shape index (κ3) is 2.52. The van der Waals surface area contributed by atoms with E-state index in [1.165, 1.54) is 43.6 Å². The summed E-state index contributed by atoms with van der Waals surface area (Å²) in [6, 6.07) is 6.49. The van der Waals surface area contributed by atoms with E-state index in [9.17, 15) is 0 Å². The minimum Gasteiger partial charge on any atom is -0.372 e. The van der Waals surface area contributed by atoms with Gasteiger partial charge in [-0.05, 0) is 37.0 Å². The Morgan fingerprint density at radius 3 is 2.53 bits per heavy atom. The molecule has 3 heteroatoms. The van der Waals surface area contributed by atoms with Crippen LogP contribution in [0.3, 0.4) is 0 Å². The van der Waals surface area contributed by atoms with E-state index in [0.717, 1.165) is 4.47 Å². The normalized spacial score (nSPS) is 16.8. The highest BCUT2D eigenvalue weighted by molar-refractivity contribution is 9.10. The third-order valence-electron chi connectivity index (χ3n) is 2.98. The monoisotopic (exact) mass is 268 g/mol. The number of rotatable bonds is 2. The van der Waals surface area contributed by atoms with Crippen LogP contribution >= 0.6 is 15.9 Å². The maximum absolute atomic E-state index is 5.64. The largest absolute Gasteiger partial charge is 0.372 e. The van der Waals surface area contributed by atoms with Gasteiger partial charge in [-0.1, -0.05) is 22.0 Å². The molecular formula is C12H17BrN2. The van der Waals surface area contributed by atoms with Crippen LogP contribution in [0.15, 0.2) is 22.7 Å². The summed E-state index contributed by atoms with van der Waals surface area (Å²) in [5.41, 5.74) is 8.13. The molecule has 82 valence electrons. The fourth-order valence-electron chi connectivity index (χ4n) is 2.05. The lowest BCUT2D eigenvalue weighted by Gasteiger charge is -2.29. The number of nitrogens with zero attached hydrogens (tertiary/aromatic N) is 1. The van der Waals surface area contributed by atoms with Crippen LogP contribution in [0.4, 0.5) is 5.69 Å². The second-order valence-corrected chi connectivity index (χ2v) is 4.88. The summed E-state index contributed by atoms with van der Waals surface area (Å²) in [6.45, 7) is 2.98. The van der Waals surface area contributed by atoms with Crippen molar-refractivity contribution in [2.45, 2.75) is 25.8 Å². The average Bonchev–Trinajstić information content (AvgIpc) is 2.30. The molecule has 0 aliphatic carbocycles. The zero-order valence-corrected chi connectivity index (χ0v) is 10.5. The van der Waals surface area contributed by atoms with E-state index in [1.807, 2.05) is 0 Å². The number of hydrogen-bond acceptors (Lipinski definition) is 2. The van der Waals surface area contributed by atoms with Gasteiger partial charge in [0.2, 0.25) is 0 Å². The predicted molar refractivity (Wildman–Crippen MR) is 68.1 cm³/mol. The van der Waals surface area contributed by atoms with Crippen molar-refractivity contribution in [3.05, 3.63) is 28.2 Å². The van der Waals surface area contributed by atoms with Crippen molar-refractivity contribution in [2.75, 3.05) is 18.0 Å². The van der Waals surface area contributed by atoms with Gasteiger partial charge in [-0.2, -0.15) is 0 Å². The maximum atomic E-state index is 5.64. The molecule has 0 atom stereocenters. The molecule has 0 aromatic heterocycles. The maximum Gasteiger partial charge on any atom is 0.0377 e. The summed E-state index contributed by atoms with van der Waals surface area (Å²) in [7, 11) is 0. The fourth-order valence-corrected chi connectivity index (χ4v) is 2.58. The van der Waals surface area contributed by atoms with Crippen molar-refractivity contribution >= 4 is 21.6 Å². The average molecular weight is 269 g/mol. The summed E-state index contributed by atoms with van der Waals surface area (Å²) >= 11 is 3.57. The first-order valence-corrected chi connectivity index (χ1v) is 6.34. The summed E-state index contributed by atoms with van der Waals surface area (Å²) in [5, 5.41) is 0. The minimum atomic E-state index is 0.598. The number of nitrogens with two attached hydrogens (primary N) is 1. The van der Waals surface area contributed by atoms with Gasteiger partial charge in [-0.3, -0.25) is 0 Å². The van der Waals surface area contributed by atoms with Gasteiger partial charge >= 0.3 is 0 Å². The number of benzene rings is 1. The Hall–Kier alpha value is -0.540. The molecular weight excluding hydrogens is 252 g/mol. The zero-order chi connectivity index (χ0) is 10.7. The Labute approximate surface area is 99.6 Å². The van der Waals surface area contributed by atoms with Crippen LogP contribution < -0.4 is 10.6 Å². The van der Waals surface area contributed by atoms with Gasteiger partial charge in [0.05, 0.1) is 0 Å². The van der Waals surface area contributed by atoms with E-state index in [2.05, 4.69) is 39.0 Å².